The largest absolute Gasteiger partial charge is 0.308 e. The van der Waals surface area contributed by atoms with E-state index in [2.05, 4.69) is 16.8 Å². The Labute approximate surface area is 133 Å². The summed E-state index contributed by atoms with van der Waals surface area (Å²) in [4.78, 5) is 12.7. The molecule has 0 spiro atoms. The van der Waals surface area contributed by atoms with Crippen LogP contribution in [0.5, 0.6) is 0 Å². The van der Waals surface area contributed by atoms with Crippen LogP contribution in [0.25, 0.3) is 5.70 Å². The maximum absolute atomic E-state index is 12.1. The van der Waals surface area contributed by atoms with Gasteiger partial charge in [0.05, 0.1) is 15.5 Å². The average molecular weight is 333 g/mol. The number of benzene rings is 2. The second-order valence-electron chi connectivity index (χ2n) is 4.78. The topological polar surface area (TPSA) is 101 Å². The fraction of sp³-hybridized carbons (Fsp3) is 0.0667. The summed E-state index contributed by atoms with van der Waals surface area (Å²) in [5.41, 5.74) is 3.54. The average Bonchev–Trinajstić information content (AvgIpc) is 2.53. The third kappa shape index (κ3) is 3.93. The molecule has 0 aromatic heterocycles. The molecule has 2 rings (SSSR count). The quantitative estimate of drug-likeness (QED) is 0.624. The lowest BCUT2D eigenvalue weighted by molar-refractivity contribution is -0.385. The van der Waals surface area contributed by atoms with E-state index < -0.39 is 14.9 Å². The van der Waals surface area contributed by atoms with Crippen molar-refractivity contribution in [3.8, 4) is 0 Å². The molecular weight excluding hydrogens is 318 g/mol. The molecule has 0 aliphatic heterocycles. The molecule has 0 radical (unpaired) electrons. The maximum Gasteiger partial charge on any atom is 0.272 e. The molecule has 8 heteroatoms. The van der Waals surface area contributed by atoms with Crippen molar-refractivity contribution in [1.82, 2.24) is 10.3 Å². The highest BCUT2D eigenvalue weighted by atomic mass is 32.2. The summed E-state index contributed by atoms with van der Waals surface area (Å²) in [6.45, 7) is 5.31. The molecule has 0 saturated heterocycles. The van der Waals surface area contributed by atoms with E-state index in [0.29, 0.717) is 11.1 Å². The molecule has 0 saturated carbocycles. The number of nitrogens with zero attached hydrogens (tertiary/aromatic N) is 1. The van der Waals surface area contributed by atoms with Crippen LogP contribution in [0.4, 0.5) is 5.69 Å². The molecule has 7 nitrogen and oxygen atoms in total. The Balaban J connectivity index is 2.14. The number of hydrogen-bond acceptors (Lipinski definition) is 5. The minimum atomic E-state index is -3.75. The van der Waals surface area contributed by atoms with Crippen LogP contribution in [0.3, 0.4) is 0 Å². The van der Waals surface area contributed by atoms with Crippen molar-refractivity contribution >= 4 is 21.4 Å². The third-order valence-corrected chi connectivity index (χ3v) is 4.41. The monoisotopic (exact) mass is 333 g/mol. The molecule has 120 valence electrons. The molecule has 2 N–H and O–H groups in total. The standard InChI is InChI=1S/C15H15N3O4S/c1-11-8-9-13(10-15(11)18(19)20)12(2)16-17-23(21,22)14-6-4-3-5-7-14/h3-10,16-17H,2H2,1H3. The van der Waals surface area contributed by atoms with E-state index in [1.807, 2.05) is 0 Å². The summed E-state index contributed by atoms with van der Waals surface area (Å²) in [5.74, 6) is 0. The summed E-state index contributed by atoms with van der Waals surface area (Å²) in [7, 11) is -3.75. The Morgan fingerprint density at radius 3 is 2.43 bits per heavy atom. The van der Waals surface area contributed by atoms with Gasteiger partial charge in [0.25, 0.3) is 15.7 Å². The Morgan fingerprint density at radius 1 is 1.17 bits per heavy atom. The highest BCUT2D eigenvalue weighted by Gasteiger charge is 2.15. The van der Waals surface area contributed by atoms with Crippen molar-refractivity contribution in [3.05, 3.63) is 76.4 Å². The molecular formula is C15H15N3O4S. The first-order chi connectivity index (χ1) is 10.8. The number of rotatable bonds is 6. The van der Waals surface area contributed by atoms with Crippen LogP contribution >= 0.6 is 0 Å². The van der Waals surface area contributed by atoms with Gasteiger partial charge in [0.15, 0.2) is 0 Å². The van der Waals surface area contributed by atoms with Crippen molar-refractivity contribution in [2.75, 3.05) is 0 Å². The van der Waals surface area contributed by atoms with Gasteiger partial charge in [-0.1, -0.05) is 36.9 Å². The molecule has 0 unspecified atom stereocenters. The van der Waals surface area contributed by atoms with E-state index in [1.54, 1.807) is 37.3 Å². The van der Waals surface area contributed by atoms with Gasteiger partial charge in [0.1, 0.15) is 0 Å². The van der Waals surface area contributed by atoms with Crippen molar-refractivity contribution in [1.29, 1.82) is 0 Å². The number of sulfonamides is 1. The van der Waals surface area contributed by atoms with Gasteiger partial charge in [-0.15, -0.1) is 4.83 Å². The zero-order chi connectivity index (χ0) is 17.0. The molecule has 0 aliphatic carbocycles. The number of hydrogen-bond donors (Lipinski definition) is 2. The lowest BCUT2D eigenvalue weighted by Gasteiger charge is -2.12. The lowest BCUT2D eigenvalue weighted by atomic mass is 10.1. The fourth-order valence-electron chi connectivity index (χ4n) is 1.85. The molecule has 0 bridgehead atoms. The third-order valence-electron chi connectivity index (χ3n) is 3.14. The van der Waals surface area contributed by atoms with Crippen LogP contribution in [0.1, 0.15) is 11.1 Å². The minimum Gasteiger partial charge on any atom is -0.308 e. The van der Waals surface area contributed by atoms with Crippen molar-refractivity contribution in [2.45, 2.75) is 11.8 Å². The van der Waals surface area contributed by atoms with Gasteiger partial charge in [-0.05, 0) is 19.1 Å². The van der Waals surface area contributed by atoms with Crippen LogP contribution in [-0.4, -0.2) is 13.3 Å². The smallest absolute Gasteiger partial charge is 0.272 e. The molecule has 23 heavy (non-hydrogen) atoms. The van der Waals surface area contributed by atoms with Gasteiger partial charge >= 0.3 is 0 Å². The first kappa shape index (κ1) is 16.7. The molecule has 0 aliphatic rings. The second kappa shape index (κ2) is 6.59. The highest BCUT2D eigenvalue weighted by molar-refractivity contribution is 7.89. The predicted octanol–water partition coefficient (Wildman–Crippen LogP) is 2.36. The zero-order valence-corrected chi connectivity index (χ0v) is 13.1. The number of hydrazine groups is 1. The first-order valence-corrected chi connectivity index (χ1v) is 8.07. The Hall–Kier alpha value is -2.71. The Kier molecular flexibility index (Phi) is 4.77. The zero-order valence-electron chi connectivity index (χ0n) is 12.3. The van der Waals surface area contributed by atoms with Crippen LogP contribution < -0.4 is 10.3 Å². The molecule has 2 aromatic rings. The second-order valence-corrected chi connectivity index (χ2v) is 6.46. The molecule has 0 heterocycles. The summed E-state index contributed by atoms with van der Waals surface area (Å²) >= 11 is 0. The van der Waals surface area contributed by atoms with Gasteiger partial charge in [-0.2, -0.15) is 0 Å². The Bertz CT molecular complexity index is 848. The van der Waals surface area contributed by atoms with E-state index in [1.165, 1.54) is 18.2 Å². The molecule has 0 amide bonds. The van der Waals surface area contributed by atoms with Gasteiger partial charge in [0, 0.05) is 17.2 Å². The number of nitrogens with one attached hydrogen (secondary N) is 2. The predicted molar refractivity (Wildman–Crippen MR) is 86.8 cm³/mol. The van der Waals surface area contributed by atoms with Crippen LogP contribution in [-0.2, 0) is 10.0 Å². The summed E-state index contributed by atoms with van der Waals surface area (Å²) in [6.07, 6.45) is 0. The number of nitro benzene ring substituents is 1. The van der Waals surface area contributed by atoms with Crippen LogP contribution in [0, 0.1) is 17.0 Å². The van der Waals surface area contributed by atoms with Gasteiger partial charge in [0.2, 0.25) is 0 Å². The first-order valence-electron chi connectivity index (χ1n) is 6.58. The summed E-state index contributed by atoms with van der Waals surface area (Å²) in [5, 5.41) is 10.9. The Morgan fingerprint density at radius 2 is 1.83 bits per heavy atom. The van der Waals surface area contributed by atoms with E-state index in [9.17, 15) is 18.5 Å². The van der Waals surface area contributed by atoms with E-state index in [4.69, 9.17) is 0 Å². The van der Waals surface area contributed by atoms with Crippen LogP contribution in [0.15, 0.2) is 60.0 Å². The van der Waals surface area contributed by atoms with E-state index in [-0.39, 0.29) is 16.3 Å². The SMILES string of the molecule is C=C(NNS(=O)(=O)c1ccccc1)c1ccc(C)c([N+](=O)[O-])c1. The van der Waals surface area contributed by atoms with Gasteiger partial charge in [-0.3, -0.25) is 10.1 Å². The minimum absolute atomic E-state index is 0.0589. The molecule has 2 aromatic carbocycles. The number of nitro groups is 1. The molecule has 0 atom stereocenters. The van der Waals surface area contributed by atoms with Gasteiger partial charge < -0.3 is 5.43 Å². The van der Waals surface area contributed by atoms with Crippen molar-refractivity contribution in [2.24, 2.45) is 0 Å². The van der Waals surface area contributed by atoms with Gasteiger partial charge in [-0.25, -0.2) is 8.42 Å². The summed E-state index contributed by atoms with van der Waals surface area (Å²) < 4.78 is 24.1. The maximum atomic E-state index is 12.1. The normalized spacial score (nSPS) is 11.0. The van der Waals surface area contributed by atoms with Crippen molar-refractivity contribution in [3.63, 3.8) is 0 Å². The lowest BCUT2D eigenvalue weighted by Crippen LogP contribution is -2.35. The van der Waals surface area contributed by atoms with E-state index in [0.717, 1.165) is 0 Å². The fourth-order valence-corrected chi connectivity index (χ4v) is 2.74. The summed E-state index contributed by atoms with van der Waals surface area (Å²) in [6, 6.07) is 12.3. The number of aryl methyl sites for hydroxylation is 1. The van der Waals surface area contributed by atoms with E-state index >= 15 is 0 Å². The van der Waals surface area contributed by atoms with Crippen LogP contribution in [0.2, 0.25) is 0 Å². The highest BCUT2D eigenvalue weighted by Crippen LogP contribution is 2.22. The van der Waals surface area contributed by atoms with Crippen molar-refractivity contribution < 1.29 is 13.3 Å². The molecule has 0 fully saturated rings.